The number of aromatic nitrogens is 2. The zero-order chi connectivity index (χ0) is 18.9. The first-order valence-corrected chi connectivity index (χ1v) is 11.2. The topological polar surface area (TPSA) is 64.6 Å². The predicted molar refractivity (Wildman–Crippen MR) is 109 cm³/mol. The maximum absolute atomic E-state index is 13.0. The number of rotatable bonds is 4. The van der Waals surface area contributed by atoms with Crippen molar-refractivity contribution in [3.63, 3.8) is 0 Å². The van der Waals surface area contributed by atoms with E-state index in [-0.39, 0.29) is 11.9 Å². The number of nitrogens with zero attached hydrogens (tertiary/aromatic N) is 3. The van der Waals surface area contributed by atoms with Crippen molar-refractivity contribution in [1.29, 1.82) is 0 Å². The van der Waals surface area contributed by atoms with Crippen molar-refractivity contribution in [2.24, 2.45) is 0 Å². The Kier molecular flexibility index (Phi) is 4.82. The Balaban J connectivity index is 1.31. The van der Waals surface area contributed by atoms with E-state index in [1.807, 2.05) is 28.5 Å². The maximum Gasteiger partial charge on any atom is 0.233 e. The minimum atomic E-state index is 0.0930. The molecule has 1 fully saturated rings. The van der Waals surface area contributed by atoms with Crippen molar-refractivity contribution in [2.75, 3.05) is 25.5 Å². The monoisotopic (exact) mass is 413 g/mol. The van der Waals surface area contributed by atoms with Gasteiger partial charge in [0.05, 0.1) is 11.8 Å². The summed E-state index contributed by atoms with van der Waals surface area (Å²) in [4.78, 5) is 24.6. The van der Waals surface area contributed by atoms with Crippen molar-refractivity contribution >= 4 is 39.2 Å². The molecular weight excluding hydrogens is 394 g/mol. The van der Waals surface area contributed by atoms with Crippen molar-refractivity contribution in [2.45, 2.75) is 23.9 Å². The summed E-state index contributed by atoms with van der Waals surface area (Å²) in [6.45, 7) is 1.94. The van der Waals surface area contributed by atoms with Crippen LogP contribution in [0.5, 0.6) is 11.5 Å². The highest BCUT2D eigenvalue weighted by atomic mass is 32.2. The summed E-state index contributed by atoms with van der Waals surface area (Å²) in [6.07, 6.45) is 3.55. The lowest BCUT2D eigenvalue weighted by atomic mass is 10.0. The van der Waals surface area contributed by atoms with Crippen LogP contribution in [0.25, 0.3) is 10.2 Å². The number of carbonyl (C=O) groups is 1. The molecule has 1 aromatic carbocycles. The van der Waals surface area contributed by atoms with Crippen LogP contribution in [-0.4, -0.2) is 46.3 Å². The van der Waals surface area contributed by atoms with Crippen LogP contribution in [0.4, 0.5) is 0 Å². The summed E-state index contributed by atoms with van der Waals surface area (Å²) in [5, 5.41) is 3.90. The van der Waals surface area contributed by atoms with Gasteiger partial charge in [0.25, 0.3) is 0 Å². The molecule has 1 amide bonds. The van der Waals surface area contributed by atoms with E-state index in [4.69, 9.17) is 9.47 Å². The summed E-state index contributed by atoms with van der Waals surface area (Å²) >= 11 is 3.08. The van der Waals surface area contributed by atoms with Gasteiger partial charge in [-0.2, -0.15) is 0 Å². The summed E-state index contributed by atoms with van der Waals surface area (Å²) in [5.74, 6) is 2.08. The number of ether oxygens (including phenoxy) is 2. The number of carbonyl (C=O) groups excluding carboxylic acids is 1. The third-order valence-electron chi connectivity index (χ3n) is 5.08. The molecule has 6 nitrogen and oxygen atoms in total. The number of amides is 1. The van der Waals surface area contributed by atoms with Gasteiger partial charge in [-0.25, -0.2) is 9.97 Å². The van der Waals surface area contributed by atoms with E-state index in [0.29, 0.717) is 19.0 Å². The molecule has 0 spiro atoms. The number of benzene rings is 1. The van der Waals surface area contributed by atoms with Gasteiger partial charge in [-0.15, -0.1) is 11.3 Å². The predicted octanol–water partition coefficient (Wildman–Crippen LogP) is 3.92. The zero-order valence-corrected chi connectivity index (χ0v) is 16.8. The standard InChI is InChI=1S/C20H19N3O3S2/c24-18(11-28-20-14-5-9-27-19(14)21-12-22-20)23-6-1-2-15(23)13-3-4-16-17(10-13)26-8-7-25-16/h3-5,9-10,12,15H,1-2,6-8,11H2/t15-/m0/s1. The van der Waals surface area contributed by atoms with Gasteiger partial charge in [0.15, 0.2) is 11.5 Å². The maximum atomic E-state index is 13.0. The second-order valence-electron chi connectivity index (χ2n) is 6.76. The van der Waals surface area contributed by atoms with Crippen molar-refractivity contribution < 1.29 is 14.3 Å². The first kappa shape index (κ1) is 17.8. The van der Waals surface area contributed by atoms with Gasteiger partial charge in [-0.05, 0) is 42.0 Å². The molecule has 0 unspecified atom stereocenters. The Morgan fingerprint density at radius 3 is 3.04 bits per heavy atom. The molecule has 0 aliphatic carbocycles. The van der Waals surface area contributed by atoms with Crippen LogP contribution in [0, 0.1) is 0 Å². The van der Waals surface area contributed by atoms with Gasteiger partial charge in [-0.3, -0.25) is 4.79 Å². The third-order valence-corrected chi connectivity index (χ3v) is 6.89. The minimum Gasteiger partial charge on any atom is -0.486 e. The fourth-order valence-corrected chi connectivity index (χ4v) is 5.44. The number of hydrogen-bond donors (Lipinski definition) is 0. The zero-order valence-electron chi connectivity index (χ0n) is 15.2. The molecule has 0 saturated carbocycles. The summed E-state index contributed by atoms with van der Waals surface area (Å²) in [6, 6.07) is 8.14. The van der Waals surface area contributed by atoms with E-state index in [1.54, 1.807) is 17.7 Å². The van der Waals surface area contributed by atoms with E-state index >= 15 is 0 Å². The van der Waals surface area contributed by atoms with Gasteiger partial charge in [-0.1, -0.05) is 17.8 Å². The summed E-state index contributed by atoms with van der Waals surface area (Å²) < 4.78 is 11.3. The van der Waals surface area contributed by atoms with Gasteiger partial charge < -0.3 is 14.4 Å². The van der Waals surface area contributed by atoms with Crippen LogP contribution in [0.15, 0.2) is 41.0 Å². The Bertz CT molecular complexity index is 1020. The minimum absolute atomic E-state index is 0.0930. The SMILES string of the molecule is O=C(CSc1ncnc2sccc12)N1CCC[C@H]1c1ccc2c(c1)OCCO2. The lowest BCUT2D eigenvalue weighted by Gasteiger charge is -2.26. The molecule has 5 rings (SSSR count). The highest BCUT2D eigenvalue weighted by Gasteiger charge is 2.31. The lowest BCUT2D eigenvalue weighted by molar-refractivity contribution is -0.129. The fraction of sp³-hybridized carbons (Fsp3) is 0.350. The first-order valence-electron chi connectivity index (χ1n) is 9.29. The van der Waals surface area contributed by atoms with Crippen LogP contribution in [0.2, 0.25) is 0 Å². The fourth-order valence-electron chi connectivity index (χ4n) is 3.77. The Morgan fingerprint density at radius 2 is 2.11 bits per heavy atom. The second kappa shape index (κ2) is 7.60. The summed E-state index contributed by atoms with van der Waals surface area (Å²) in [5.41, 5.74) is 1.11. The molecule has 2 aliphatic heterocycles. The molecule has 8 heteroatoms. The molecule has 0 radical (unpaired) electrons. The summed E-state index contributed by atoms with van der Waals surface area (Å²) in [7, 11) is 0. The molecule has 28 heavy (non-hydrogen) atoms. The van der Waals surface area contributed by atoms with Crippen molar-refractivity contribution in [3.8, 4) is 11.5 Å². The van der Waals surface area contributed by atoms with Gasteiger partial charge in [0.1, 0.15) is 29.4 Å². The normalized spacial score (nSPS) is 18.6. The molecule has 3 aromatic rings. The molecule has 144 valence electrons. The van der Waals surface area contributed by atoms with Crippen LogP contribution in [0.3, 0.4) is 0 Å². The third kappa shape index (κ3) is 3.31. The molecular formula is C20H19N3O3S2. The number of thiophene rings is 1. The molecule has 1 atom stereocenters. The van der Waals surface area contributed by atoms with Crippen LogP contribution < -0.4 is 9.47 Å². The van der Waals surface area contributed by atoms with E-state index in [2.05, 4.69) is 16.0 Å². The van der Waals surface area contributed by atoms with Crippen LogP contribution in [-0.2, 0) is 4.79 Å². The molecule has 0 bridgehead atoms. The van der Waals surface area contributed by atoms with Crippen molar-refractivity contribution in [3.05, 3.63) is 41.5 Å². The lowest BCUT2D eigenvalue weighted by Crippen LogP contribution is -2.32. The molecule has 2 aromatic heterocycles. The van der Waals surface area contributed by atoms with Crippen LogP contribution in [0.1, 0.15) is 24.4 Å². The van der Waals surface area contributed by atoms with Crippen molar-refractivity contribution in [1.82, 2.24) is 14.9 Å². The van der Waals surface area contributed by atoms with Gasteiger partial charge in [0.2, 0.25) is 5.91 Å². The van der Waals surface area contributed by atoms with Crippen LogP contribution >= 0.6 is 23.1 Å². The molecule has 0 N–H and O–H groups in total. The number of likely N-dealkylation sites (tertiary alicyclic amines) is 1. The average Bonchev–Trinajstić information content (AvgIpc) is 3.41. The quantitative estimate of drug-likeness (QED) is 0.477. The Morgan fingerprint density at radius 1 is 1.21 bits per heavy atom. The smallest absolute Gasteiger partial charge is 0.233 e. The van der Waals surface area contributed by atoms with E-state index in [9.17, 15) is 4.79 Å². The van der Waals surface area contributed by atoms with E-state index in [1.165, 1.54) is 11.8 Å². The highest BCUT2D eigenvalue weighted by molar-refractivity contribution is 8.00. The number of fused-ring (bicyclic) bond motifs is 2. The van der Waals surface area contributed by atoms with Gasteiger partial charge >= 0.3 is 0 Å². The molecule has 2 aliphatic rings. The average molecular weight is 414 g/mol. The Labute approximate surface area is 170 Å². The number of hydrogen-bond acceptors (Lipinski definition) is 7. The second-order valence-corrected chi connectivity index (χ2v) is 8.61. The first-order chi connectivity index (χ1) is 13.8. The molecule has 1 saturated heterocycles. The van der Waals surface area contributed by atoms with E-state index in [0.717, 1.165) is 51.7 Å². The largest absolute Gasteiger partial charge is 0.486 e. The highest BCUT2D eigenvalue weighted by Crippen LogP contribution is 2.38. The van der Waals surface area contributed by atoms with Gasteiger partial charge in [0, 0.05) is 11.9 Å². The Hall–Kier alpha value is -2.32. The van der Waals surface area contributed by atoms with E-state index < -0.39 is 0 Å². The molecule has 4 heterocycles. The number of thioether (sulfide) groups is 1.